The molecular weight excluding hydrogens is 1260 g/mol. The average molecular weight is 1390 g/mol. The van der Waals surface area contributed by atoms with Crippen LogP contribution in [0.5, 0.6) is 0 Å². The second kappa shape index (κ2) is 69.2. The van der Waals surface area contributed by atoms with Gasteiger partial charge in [0.25, 0.3) is 0 Å². The van der Waals surface area contributed by atoms with Crippen LogP contribution in [0.2, 0.25) is 0 Å². The van der Waals surface area contributed by atoms with E-state index in [4.69, 9.17) is 37.0 Å². The van der Waals surface area contributed by atoms with E-state index in [0.717, 1.165) is 148 Å². The van der Waals surface area contributed by atoms with Crippen molar-refractivity contribution in [3.63, 3.8) is 0 Å². The molecule has 0 aromatic rings. The van der Waals surface area contributed by atoms with E-state index in [0.29, 0.717) is 32.1 Å². The smallest absolute Gasteiger partial charge is 0.462 e. The summed E-state index contributed by atoms with van der Waals surface area (Å²) in [6.45, 7) is 4.52. The summed E-state index contributed by atoms with van der Waals surface area (Å²) in [5, 5.41) is 10.6. The molecule has 0 spiro atoms. The number of carbonyl (C=O) groups excluding carboxylic acids is 4. The Morgan fingerprint density at radius 1 is 0.302 bits per heavy atom. The zero-order chi connectivity index (χ0) is 70.4. The van der Waals surface area contributed by atoms with Crippen molar-refractivity contribution in [1.82, 2.24) is 0 Å². The highest BCUT2D eigenvalue weighted by Crippen LogP contribution is 2.45. The van der Waals surface area contributed by atoms with Crippen molar-refractivity contribution >= 4 is 39.5 Å². The number of aliphatic hydroxyl groups is 1. The highest BCUT2D eigenvalue weighted by molar-refractivity contribution is 7.47. The van der Waals surface area contributed by atoms with Gasteiger partial charge in [-0.3, -0.25) is 37.3 Å². The average Bonchev–Trinajstić information content (AvgIpc) is 1.13. The summed E-state index contributed by atoms with van der Waals surface area (Å²) in [6.07, 6.45) is 72.4. The van der Waals surface area contributed by atoms with Crippen LogP contribution in [0.25, 0.3) is 0 Å². The molecule has 552 valence electrons. The van der Waals surface area contributed by atoms with Crippen LogP contribution in [0.15, 0.2) is 109 Å². The van der Waals surface area contributed by atoms with Gasteiger partial charge in [0.15, 0.2) is 12.2 Å². The maximum absolute atomic E-state index is 13.1. The van der Waals surface area contributed by atoms with Crippen LogP contribution < -0.4 is 0 Å². The fourth-order valence-electron chi connectivity index (χ4n) is 9.60. The second-order valence-electron chi connectivity index (χ2n) is 24.5. The summed E-state index contributed by atoms with van der Waals surface area (Å²) in [5.41, 5.74) is 0. The van der Waals surface area contributed by atoms with Gasteiger partial charge in [0.1, 0.15) is 19.3 Å². The number of aliphatic hydroxyl groups excluding tert-OH is 1. The Morgan fingerprint density at radius 2 is 0.562 bits per heavy atom. The molecule has 0 amide bonds. The molecule has 19 heteroatoms. The largest absolute Gasteiger partial charge is 0.472 e. The molecule has 0 aliphatic rings. The van der Waals surface area contributed by atoms with E-state index in [2.05, 4.69) is 125 Å². The third kappa shape index (κ3) is 68.3. The predicted octanol–water partition coefficient (Wildman–Crippen LogP) is 21.0. The number of hydrogen-bond donors (Lipinski definition) is 3. The zero-order valence-electron chi connectivity index (χ0n) is 60.0. The van der Waals surface area contributed by atoms with E-state index >= 15 is 0 Å². The van der Waals surface area contributed by atoms with Gasteiger partial charge in [0.2, 0.25) is 0 Å². The number of allylic oxidation sites excluding steroid dienone is 18. The predicted molar refractivity (Wildman–Crippen MR) is 390 cm³/mol. The van der Waals surface area contributed by atoms with Crippen LogP contribution in [0.3, 0.4) is 0 Å². The summed E-state index contributed by atoms with van der Waals surface area (Å²) >= 11 is 0. The van der Waals surface area contributed by atoms with Gasteiger partial charge >= 0.3 is 39.5 Å². The molecule has 3 N–H and O–H groups in total. The first kappa shape index (κ1) is 91.7. The van der Waals surface area contributed by atoms with Crippen LogP contribution in [0.4, 0.5) is 0 Å². The number of ether oxygens (including phenoxy) is 4. The van der Waals surface area contributed by atoms with E-state index < -0.39 is 97.5 Å². The van der Waals surface area contributed by atoms with E-state index in [1.165, 1.54) is 64.2 Å². The maximum atomic E-state index is 13.1. The Labute approximate surface area is 581 Å². The minimum atomic E-state index is -4.98. The fourth-order valence-corrected chi connectivity index (χ4v) is 11.2. The first-order valence-electron chi connectivity index (χ1n) is 37.1. The quantitative estimate of drug-likeness (QED) is 0.0169. The van der Waals surface area contributed by atoms with Crippen LogP contribution >= 0.6 is 15.6 Å². The Kier molecular flexibility index (Phi) is 66.1. The minimum Gasteiger partial charge on any atom is -0.462 e. The molecule has 5 unspecified atom stereocenters. The Balaban J connectivity index is 5.37. The normalized spacial score (nSPS) is 14.6. The van der Waals surface area contributed by atoms with Crippen LogP contribution in [-0.4, -0.2) is 96.7 Å². The van der Waals surface area contributed by atoms with Gasteiger partial charge in [-0.05, 0) is 116 Å². The lowest BCUT2D eigenvalue weighted by molar-refractivity contribution is -0.161. The Bertz CT molecular complexity index is 2250. The maximum Gasteiger partial charge on any atom is 0.472 e. The standard InChI is InChI=1S/C77H132O17P2/c1-5-9-13-17-21-25-29-32-34-35-37-40-43-46-50-54-58-62-75(80)87-67-72(93-76(81)63-59-55-51-47-41-28-24-20-16-12-8-4)69-91-95(83,84)89-65-71(78)66-90-96(85,86)92-70-73(94-77(82)64-60-56-52-48-44-38-31-27-23-19-15-11-7-3)68-88-74(79)61-57-53-49-45-42-39-36-33-30-26-22-18-14-10-6-2/h9-10,13-14,20-22,24-26,32-34,36-37,40,46,50,71-73,78H,5-8,11-12,15-19,23,27-31,35,38-39,41-45,47-49,51-70H2,1-4H3,(H,83,84)(H,85,86)/b13-9-,14-10-,24-20-,25-21-,26-22-,34-32-,36-33-,40-37-,50-46-. The summed E-state index contributed by atoms with van der Waals surface area (Å²) in [5.74, 6) is -2.26. The van der Waals surface area contributed by atoms with Gasteiger partial charge in [0.05, 0.1) is 26.4 Å². The molecule has 0 aliphatic heterocycles. The van der Waals surface area contributed by atoms with E-state index in [-0.39, 0.29) is 25.7 Å². The van der Waals surface area contributed by atoms with Crippen molar-refractivity contribution < 1.29 is 80.2 Å². The SMILES string of the molecule is CC/C=C\C/C=C\C/C=C\C/C=C\C/C=C\CCCC(=O)OCC(COP(=O)(O)OCC(O)COP(=O)(O)OCC(COC(=O)CCCCCCC/C=C\C/C=C\C/C=C\CC)OC(=O)CCCCCCCCCCCCCCC)OC(=O)CCCCCCC/C=C\CCCC. The lowest BCUT2D eigenvalue weighted by Crippen LogP contribution is -2.30. The van der Waals surface area contributed by atoms with Crippen molar-refractivity contribution in [2.45, 2.75) is 316 Å². The number of esters is 4. The molecule has 0 aromatic carbocycles. The summed E-state index contributed by atoms with van der Waals surface area (Å²) in [6, 6.07) is 0. The molecular formula is C77H132O17P2. The van der Waals surface area contributed by atoms with E-state index in [1.54, 1.807) is 0 Å². The highest BCUT2D eigenvalue weighted by atomic mass is 31.2. The number of rotatable bonds is 69. The zero-order valence-corrected chi connectivity index (χ0v) is 61.8. The van der Waals surface area contributed by atoms with E-state index in [9.17, 15) is 43.2 Å². The van der Waals surface area contributed by atoms with Crippen molar-refractivity contribution in [3.8, 4) is 0 Å². The molecule has 0 saturated carbocycles. The van der Waals surface area contributed by atoms with Crippen molar-refractivity contribution in [3.05, 3.63) is 109 Å². The molecule has 0 fully saturated rings. The molecule has 96 heavy (non-hydrogen) atoms. The summed E-state index contributed by atoms with van der Waals surface area (Å²) < 4.78 is 68.3. The monoisotopic (exact) mass is 1390 g/mol. The molecule has 0 saturated heterocycles. The number of unbranched alkanes of at least 4 members (excludes halogenated alkanes) is 25. The van der Waals surface area contributed by atoms with Crippen molar-refractivity contribution in [2.75, 3.05) is 39.6 Å². The van der Waals surface area contributed by atoms with Gasteiger partial charge in [0, 0.05) is 25.7 Å². The second-order valence-corrected chi connectivity index (χ2v) is 27.4. The molecule has 0 rings (SSSR count). The lowest BCUT2D eigenvalue weighted by Gasteiger charge is -2.21. The highest BCUT2D eigenvalue weighted by Gasteiger charge is 2.30. The fraction of sp³-hybridized carbons (Fsp3) is 0.714. The van der Waals surface area contributed by atoms with Gasteiger partial charge < -0.3 is 33.8 Å². The molecule has 17 nitrogen and oxygen atoms in total. The first-order chi connectivity index (χ1) is 46.7. The minimum absolute atomic E-state index is 0.0710. The van der Waals surface area contributed by atoms with Crippen molar-refractivity contribution in [1.29, 1.82) is 0 Å². The van der Waals surface area contributed by atoms with Gasteiger partial charge in [-0.15, -0.1) is 0 Å². The third-order valence-electron chi connectivity index (χ3n) is 15.2. The van der Waals surface area contributed by atoms with Crippen molar-refractivity contribution in [2.24, 2.45) is 0 Å². The molecule has 0 aromatic heterocycles. The number of phosphoric acid groups is 2. The first-order valence-corrected chi connectivity index (χ1v) is 40.1. The molecule has 0 bridgehead atoms. The van der Waals surface area contributed by atoms with Crippen LogP contribution in [-0.2, 0) is 65.4 Å². The van der Waals surface area contributed by atoms with Gasteiger partial charge in [-0.2, -0.15) is 0 Å². The number of hydrogen-bond acceptors (Lipinski definition) is 15. The topological polar surface area (TPSA) is 237 Å². The molecule has 0 radical (unpaired) electrons. The van der Waals surface area contributed by atoms with Crippen LogP contribution in [0.1, 0.15) is 297 Å². The Hall–Kier alpha value is -4.28. The van der Waals surface area contributed by atoms with Crippen LogP contribution in [0, 0.1) is 0 Å². The van der Waals surface area contributed by atoms with Gasteiger partial charge in [-0.1, -0.05) is 265 Å². The third-order valence-corrected chi connectivity index (χ3v) is 17.1. The summed E-state index contributed by atoms with van der Waals surface area (Å²) in [4.78, 5) is 72.7. The molecule has 0 heterocycles. The molecule has 0 aliphatic carbocycles. The lowest BCUT2D eigenvalue weighted by atomic mass is 10.0. The summed E-state index contributed by atoms with van der Waals surface area (Å²) in [7, 11) is -9.96. The van der Waals surface area contributed by atoms with E-state index in [1.807, 2.05) is 12.2 Å². The van der Waals surface area contributed by atoms with Gasteiger partial charge in [-0.25, -0.2) is 9.13 Å². The number of carbonyl (C=O) groups is 4. The number of phosphoric ester groups is 2. The Morgan fingerprint density at radius 3 is 0.917 bits per heavy atom. The molecule has 5 atom stereocenters.